The van der Waals surface area contributed by atoms with E-state index in [1.807, 2.05) is 39.0 Å². The summed E-state index contributed by atoms with van der Waals surface area (Å²) in [7, 11) is -3.81. The monoisotopic (exact) mass is 528 g/mol. The van der Waals surface area contributed by atoms with Gasteiger partial charge in [0, 0.05) is 17.7 Å². The molecule has 3 rings (SSSR count). The molecular formula is C30H44N2O4S. The van der Waals surface area contributed by atoms with E-state index in [2.05, 4.69) is 34.4 Å². The lowest BCUT2D eigenvalue weighted by Crippen LogP contribution is -2.56. The van der Waals surface area contributed by atoms with Gasteiger partial charge in [0.2, 0.25) is 0 Å². The molecule has 2 aliphatic carbocycles. The van der Waals surface area contributed by atoms with Crippen LogP contribution < -0.4 is 4.72 Å². The molecule has 7 heteroatoms. The zero-order valence-corrected chi connectivity index (χ0v) is 23.6. The van der Waals surface area contributed by atoms with E-state index >= 15 is 0 Å². The molecule has 1 heterocycles. The Bertz CT molecular complexity index is 1090. The van der Waals surface area contributed by atoms with Crippen molar-refractivity contribution in [3.05, 3.63) is 59.1 Å². The van der Waals surface area contributed by atoms with Gasteiger partial charge in [-0.3, -0.25) is 4.79 Å². The number of hydrogen-bond acceptors (Lipinski definition) is 4. The highest BCUT2D eigenvalue weighted by molar-refractivity contribution is 7.87. The SMILES string of the molecule is CCC(C)(C)NS(=O)(=O)N1CCCCC1C(=O)OC(CCCC1=C=C=CC=C1)CCCC1=CC=CCC1. The number of hydrogen-bond donors (Lipinski definition) is 1. The topological polar surface area (TPSA) is 75.7 Å². The fourth-order valence-corrected chi connectivity index (χ4v) is 6.74. The van der Waals surface area contributed by atoms with Crippen molar-refractivity contribution in [2.75, 3.05) is 6.54 Å². The van der Waals surface area contributed by atoms with E-state index in [0.717, 1.165) is 69.8 Å². The van der Waals surface area contributed by atoms with Crippen LogP contribution in [0.3, 0.4) is 0 Å². The lowest BCUT2D eigenvalue weighted by Gasteiger charge is -2.36. The Morgan fingerprint density at radius 1 is 1.22 bits per heavy atom. The van der Waals surface area contributed by atoms with Crippen molar-refractivity contribution >= 4 is 16.2 Å². The maximum Gasteiger partial charge on any atom is 0.324 e. The molecule has 0 radical (unpaired) electrons. The van der Waals surface area contributed by atoms with E-state index < -0.39 is 27.8 Å². The first-order valence-electron chi connectivity index (χ1n) is 13.9. The highest BCUT2D eigenvalue weighted by Gasteiger charge is 2.40. The van der Waals surface area contributed by atoms with Crippen LogP contribution in [0.15, 0.2) is 59.1 Å². The van der Waals surface area contributed by atoms with E-state index in [9.17, 15) is 13.2 Å². The maximum absolute atomic E-state index is 13.4. The van der Waals surface area contributed by atoms with Crippen LogP contribution in [-0.2, 0) is 19.7 Å². The minimum atomic E-state index is -3.81. The van der Waals surface area contributed by atoms with Gasteiger partial charge in [-0.05, 0) is 97.0 Å². The van der Waals surface area contributed by atoms with Crippen molar-refractivity contribution in [1.29, 1.82) is 0 Å². The first kappa shape index (κ1) is 29.4. The largest absolute Gasteiger partial charge is 0.461 e. The van der Waals surface area contributed by atoms with Gasteiger partial charge in [0.25, 0.3) is 10.2 Å². The summed E-state index contributed by atoms with van der Waals surface area (Å²) in [4.78, 5) is 13.4. The standard InChI is InChI=1S/C30H44N2O4S/c1-4-30(2,3)31-37(34,35)32-24-12-11-23-28(32)29(33)36-27(21-13-19-25-15-7-5-8-16-25)22-14-20-26-17-9-6-10-18-26/h5-7,9,15,17,27-28,31H,4,8,11-14,16,19-24H2,1-3H3. The Morgan fingerprint density at radius 3 is 2.68 bits per heavy atom. The van der Waals surface area contributed by atoms with Crippen molar-refractivity contribution in [1.82, 2.24) is 9.03 Å². The molecule has 0 amide bonds. The van der Waals surface area contributed by atoms with E-state index in [1.165, 1.54) is 9.88 Å². The van der Waals surface area contributed by atoms with Crippen LogP contribution in [0, 0.1) is 0 Å². The van der Waals surface area contributed by atoms with E-state index in [-0.39, 0.29) is 6.10 Å². The van der Waals surface area contributed by atoms with Crippen molar-refractivity contribution in [3.63, 3.8) is 0 Å². The van der Waals surface area contributed by atoms with E-state index in [0.29, 0.717) is 19.4 Å². The average Bonchev–Trinajstić information content (AvgIpc) is 2.89. The summed E-state index contributed by atoms with van der Waals surface area (Å²) in [5.74, 6) is -0.413. The number of carbonyl (C=O) groups is 1. The smallest absolute Gasteiger partial charge is 0.324 e. The summed E-state index contributed by atoms with van der Waals surface area (Å²) in [6.45, 7) is 6.00. The second-order valence-electron chi connectivity index (χ2n) is 10.9. The van der Waals surface area contributed by atoms with Crippen LogP contribution in [0.5, 0.6) is 0 Å². The summed E-state index contributed by atoms with van der Waals surface area (Å²) in [5.41, 5.74) is 8.09. The van der Waals surface area contributed by atoms with Crippen LogP contribution >= 0.6 is 0 Å². The van der Waals surface area contributed by atoms with Gasteiger partial charge in [0.05, 0.1) is 0 Å². The van der Waals surface area contributed by atoms with Gasteiger partial charge in [-0.25, -0.2) is 0 Å². The number of esters is 1. The molecular weight excluding hydrogens is 484 g/mol. The molecule has 6 nitrogen and oxygen atoms in total. The first-order valence-corrected chi connectivity index (χ1v) is 15.4. The van der Waals surface area contributed by atoms with Crippen molar-refractivity contribution in [2.24, 2.45) is 0 Å². The van der Waals surface area contributed by atoms with Gasteiger partial charge in [-0.1, -0.05) is 54.3 Å². The maximum atomic E-state index is 13.4. The fraction of sp³-hybridized carbons (Fsp3) is 0.633. The average molecular weight is 529 g/mol. The Balaban J connectivity index is 1.65. The third kappa shape index (κ3) is 9.59. The van der Waals surface area contributed by atoms with Gasteiger partial charge in [-0.2, -0.15) is 17.4 Å². The Hall–Kier alpha value is -2.14. The van der Waals surface area contributed by atoms with Crippen LogP contribution in [0.2, 0.25) is 0 Å². The number of ether oxygens (including phenoxy) is 1. The molecule has 204 valence electrons. The molecule has 0 aromatic rings. The summed E-state index contributed by atoms with van der Waals surface area (Å²) < 4.78 is 36.6. The molecule has 0 aromatic carbocycles. The lowest BCUT2D eigenvalue weighted by atomic mass is 9.97. The Labute approximate surface area is 224 Å². The third-order valence-electron chi connectivity index (χ3n) is 7.41. The Morgan fingerprint density at radius 2 is 2.00 bits per heavy atom. The number of allylic oxidation sites excluding steroid dienone is 8. The number of nitrogens with one attached hydrogen (secondary N) is 1. The first-order chi connectivity index (χ1) is 17.7. The predicted molar refractivity (Wildman–Crippen MR) is 149 cm³/mol. The minimum absolute atomic E-state index is 0.230. The van der Waals surface area contributed by atoms with Crippen LogP contribution in [0.1, 0.15) is 97.8 Å². The molecule has 0 saturated carbocycles. The lowest BCUT2D eigenvalue weighted by molar-refractivity contribution is -0.155. The molecule has 2 atom stereocenters. The number of carbonyl (C=O) groups excluding carboxylic acids is 1. The molecule has 1 saturated heterocycles. The highest BCUT2D eigenvalue weighted by Crippen LogP contribution is 2.26. The third-order valence-corrected chi connectivity index (χ3v) is 9.28. The number of rotatable bonds is 14. The minimum Gasteiger partial charge on any atom is -0.461 e. The predicted octanol–water partition coefficient (Wildman–Crippen LogP) is 6.20. The second-order valence-corrected chi connectivity index (χ2v) is 12.5. The van der Waals surface area contributed by atoms with Crippen LogP contribution in [0.4, 0.5) is 0 Å². The van der Waals surface area contributed by atoms with Crippen molar-refractivity contribution < 1.29 is 17.9 Å². The van der Waals surface area contributed by atoms with Gasteiger partial charge in [-0.15, -0.1) is 0 Å². The summed E-state index contributed by atoms with van der Waals surface area (Å²) in [6, 6.07) is -0.773. The Kier molecular flexibility index (Phi) is 11.2. The molecule has 1 fully saturated rings. The molecule has 1 aliphatic heterocycles. The molecule has 1 N–H and O–H groups in total. The summed E-state index contributed by atoms with van der Waals surface area (Å²) in [5, 5.41) is 0. The molecule has 2 unspecified atom stereocenters. The molecule has 0 aromatic heterocycles. The van der Waals surface area contributed by atoms with Crippen molar-refractivity contribution in [3.8, 4) is 0 Å². The van der Waals surface area contributed by atoms with Crippen LogP contribution in [0.25, 0.3) is 0 Å². The molecule has 37 heavy (non-hydrogen) atoms. The number of piperidine rings is 1. The van der Waals surface area contributed by atoms with Crippen LogP contribution in [-0.4, -0.2) is 42.9 Å². The molecule has 0 spiro atoms. The highest BCUT2D eigenvalue weighted by atomic mass is 32.2. The molecule has 3 aliphatic rings. The second kappa shape index (κ2) is 14.1. The van der Waals surface area contributed by atoms with Gasteiger partial charge >= 0.3 is 5.97 Å². The zero-order chi connectivity index (χ0) is 26.7. The van der Waals surface area contributed by atoms with Gasteiger partial charge < -0.3 is 4.74 Å². The van der Waals surface area contributed by atoms with E-state index in [4.69, 9.17) is 4.74 Å². The summed E-state index contributed by atoms with van der Waals surface area (Å²) >= 11 is 0. The number of nitrogens with zero attached hydrogens (tertiary/aromatic N) is 1. The fourth-order valence-electron chi connectivity index (χ4n) is 4.89. The zero-order valence-electron chi connectivity index (χ0n) is 22.8. The quantitative estimate of drug-likeness (QED) is 0.215. The van der Waals surface area contributed by atoms with E-state index in [1.54, 1.807) is 0 Å². The van der Waals surface area contributed by atoms with Crippen molar-refractivity contribution in [2.45, 2.75) is 116 Å². The normalized spacial score (nSPS) is 21.0. The molecule has 0 bridgehead atoms. The summed E-state index contributed by atoms with van der Waals surface area (Å²) in [6.07, 6.45) is 22.2. The van der Waals surface area contributed by atoms with Gasteiger partial charge in [0.1, 0.15) is 12.1 Å². The van der Waals surface area contributed by atoms with Gasteiger partial charge in [0.15, 0.2) is 0 Å².